The number of aromatic nitrogens is 2. The molecule has 16 heavy (non-hydrogen) atoms. The molecule has 1 N–H and O–H groups in total. The van der Waals surface area contributed by atoms with E-state index in [0.717, 1.165) is 10.8 Å². The first-order valence-electron chi connectivity index (χ1n) is 3.99. The zero-order valence-corrected chi connectivity index (χ0v) is 9.26. The fourth-order valence-electron chi connectivity index (χ4n) is 0.909. The predicted octanol–water partition coefficient (Wildman–Crippen LogP) is 0.835. The molecule has 5 nitrogen and oxygen atoms in total. The molecule has 0 radical (unpaired) electrons. The number of aromatic amines is 1. The van der Waals surface area contributed by atoms with Crippen LogP contribution in [-0.4, -0.2) is 22.5 Å². The van der Waals surface area contributed by atoms with E-state index >= 15 is 0 Å². The Morgan fingerprint density at radius 2 is 2.06 bits per heavy atom. The molecule has 0 saturated heterocycles. The van der Waals surface area contributed by atoms with Gasteiger partial charge in [-0.15, -0.1) is 13.2 Å². The lowest BCUT2D eigenvalue weighted by molar-refractivity contribution is -0.325. The number of hydrogen-bond donors (Lipinski definition) is 1. The van der Waals surface area contributed by atoms with E-state index < -0.39 is 24.2 Å². The number of nitrogens with one attached hydrogen (secondary N) is 1. The largest absolute Gasteiger partial charge is 0.522 e. The van der Waals surface area contributed by atoms with Crippen molar-refractivity contribution in [3.05, 3.63) is 31.5 Å². The minimum atomic E-state index is -4.73. The van der Waals surface area contributed by atoms with Crippen LogP contribution in [0.25, 0.3) is 0 Å². The molecule has 0 aliphatic rings. The Morgan fingerprint density at radius 3 is 2.62 bits per heavy atom. The van der Waals surface area contributed by atoms with Crippen LogP contribution in [0.1, 0.15) is 0 Å². The third-order valence-electron chi connectivity index (χ3n) is 1.57. The monoisotopic (exact) mass is 302 g/mol. The van der Waals surface area contributed by atoms with Gasteiger partial charge in [0.25, 0.3) is 5.56 Å². The molecule has 0 aliphatic carbocycles. The van der Waals surface area contributed by atoms with E-state index in [9.17, 15) is 22.8 Å². The number of ether oxygens (including phenoxy) is 1. The predicted molar refractivity (Wildman–Crippen MR) is 51.0 cm³/mol. The second kappa shape index (κ2) is 4.83. The number of halogens is 4. The number of hydrogen-bond acceptors (Lipinski definition) is 3. The summed E-state index contributed by atoms with van der Waals surface area (Å²) in [5, 5.41) is 0. The van der Waals surface area contributed by atoms with Gasteiger partial charge in [0.05, 0.1) is 17.6 Å². The maximum Gasteiger partial charge on any atom is 0.522 e. The van der Waals surface area contributed by atoms with E-state index in [1.165, 1.54) is 0 Å². The van der Waals surface area contributed by atoms with Gasteiger partial charge in [-0.05, 0) is 15.9 Å². The topological polar surface area (TPSA) is 64.1 Å². The second-order valence-corrected chi connectivity index (χ2v) is 3.58. The Kier molecular flexibility index (Phi) is 3.92. The maximum absolute atomic E-state index is 11.6. The fraction of sp³-hybridized carbons (Fsp3) is 0.429. The third kappa shape index (κ3) is 3.81. The van der Waals surface area contributed by atoms with Crippen LogP contribution in [-0.2, 0) is 11.3 Å². The lowest BCUT2D eigenvalue weighted by atomic mass is 10.6. The number of H-pyrrole nitrogens is 1. The third-order valence-corrected chi connectivity index (χ3v) is 2.13. The van der Waals surface area contributed by atoms with Crippen molar-refractivity contribution in [1.29, 1.82) is 0 Å². The van der Waals surface area contributed by atoms with Gasteiger partial charge in [0.15, 0.2) is 0 Å². The Labute approximate surface area is 95.0 Å². The first kappa shape index (κ1) is 13.0. The van der Waals surface area contributed by atoms with Crippen LogP contribution in [0.15, 0.2) is 20.3 Å². The van der Waals surface area contributed by atoms with Gasteiger partial charge in [0.1, 0.15) is 0 Å². The molecule has 0 fully saturated rings. The molecule has 9 heteroatoms. The lowest BCUT2D eigenvalue weighted by Crippen LogP contribution is -2.31. The molecule has 1 aromatic rings. The molecular formula is C7H6BrF3N2O3. The number of alkyl halides is 3. The van der Waals surface area contributed by atoms with Crippen LogP contribution in [0.4, 0.5) is 13.2 Å². The van der Waals surface area contributed by atoms with Crippen LogP contribution in [0.2, 0.25) is 0 Å². The van der Waals surface area contributed by atoms with E-state index in [2.05, 4.69) is 20.7 Å². The quantitative estimate of drug-likeness (QED) is 0.900. The SMILES string of the molecule is O=c1[nH]c(=O)n(CCOC(F)(F)F)cc1Br. The average molecular weight is 303 g/mol. The van der Waals surface area contributed by atoms with E-state index in [-0.39, 0.29) is 11.0 Å². The zero-order valence-electron chi connectivity index (χ0n) is 7.68. The summed E-state index contributed by atoms with van der Waals surface area (Å²) in [6, 6.07) is 0. The van der Waals surface area contributed by atoms with Gasteiger partial charge in [-0.1, -0.05) is 0 Å². The van der Waals surface area contributed by atoms with Gasteiger partial charge in [-0.25, -0.2) is 4.79 Å². The summed E-state index contributed by atoms with van der Waals surface area (Å²) in [6.07, 6.45) is -3.63. The molecule has 0 aromatic carbocycles. The minimum Gasteiger partial charge on any atom is -0.297 e. The molecule has 0 aliphatic heterocycles. The van der Waals surface area contributed by atoms with Crippen molar-refractivity contribution >= 4 is 15.9 Å². The number of rotatable bonds is 3. The molecule has 0 bridgehead atoms. The molecule has 90 valence electrons. The smallest absolute Gasteiger partial charge is 0.297 e. The summed E-state index contributed by atoms with van der Waals surface area (Å²) < 4.78 is 39.3. The molecule has 0 saturated carbocycles. The van der Waals surface area contributed by atoms with Crippen molar-refractivity contribution < 1.29 is 17.9 Å². The Hall–Kier alpha value is -1.09. The van der Waals surface area contributed by atoms with Crippen molar-refractivity contribution in [3.63, 3.8) is 0 Å². The highest BCUT2D eigenvalue weighted by atomic mass is 79.9. The summed E-state index contributed by atoms with van der Waals surface area (Å²) >= 11 is 2.85. The summed E-state index contributed by atoms with van der Waals surface area (Å²) in [6.45, 7) is -1.02. The average Bonchev–Trinajstić information content (AvgIpc) is 2.11. The van der Waals surface area contributed by atoms with Gasteiger partial charge < -0.3 is 0 Å². The van der Waals surface area contributed by atoms with E-state index in [1.807, 2.05) is 4.98 Å². The Balaban J connectivity index is 2.72. The van der Waals surface area contributed by atoms with E-state index in [1.54, 1.807) is 0 Å². The molecular weight excluding hydrogens is 297 g/mol. The van der Waals surface area contributed by atoms with Crippen LogP contribution in [0, 0.1) is 0 Å². The molecule has 1 rings (SSSR count). The summed E-state index contributed by atoms with van der Waals surface area (Å²) in [5.74, 6) is 0. The lowest BCUT2D eigenvalue weighted by Gasteiger charge is -2.08. The van der Waals surface area contributed by atoms with Crippen LogP contribution in [0.3, 0.4) is 0 Å². The van der Waals surface area contributed by atoms with Crippen molar-refractivity contribution in [2.75, 3.05) is 6.61 Å². The van der Waals surface area contributed by atoms with Gasteiger partial charge in [-0.2, -0.15) is 0 Å². The summed E-state index contributed by atoms with van der Waals surface area (Å²) in [4.78, 5) is 23.9. The van der Waals surface area contributed by atoms with E-state index in [0.29, 0.717) is 0 Å². The van der Waals surface area contributed by atoms with Gasteiger partial charge >= 0.3 is 12.1 Å². The van der Waals surface area contributed by atoms with Crippen molar-refractivity contribution in [3.8, 4) is 0 Å². The Morgan fingerprint density at radius 1 is 1.44 bits per heavy atom. The minimum absolute atomic E-state index is 0.0547. The highest BCUT2D eigenvalue weighted by Gasteiger charge is 2.28. The van der Waals surface area contributed by atoms with Crippen molar-refractivity contribution in [2.45, 2.75) is 12.9 Å². The normalized spacial score (nSPS) is 11.8. The van der Waals surface area contributed by atoms with Crippen LogP contribution >= 0.6 is 15.9 Å². The van der Waals surface area contributed by atoms with Gasteiger partial charge in [0.2, 0.25) is 0 Å². The molecule has 0 unspecified atom stereocenters. The van der Waals surface area contributed by atoms with E-state index in [4.69, 9.17) is 0 Å². The van der Waals surface area contributed by atoms with Crippen LogP contribution < -0.4 is 11.2 Å². The van der Waals surface area contributed by atoms with Crippen molar-refractivity contribution in [1.82, 2.24) is 9.55 Å². The molecule has 0 amide bonds. The molecule has 1 aromatic heterocycles. The second-order valence-electron chi connectivity index (χ2n) is 2.72. The first-order chi connectivity index (χ1) is 7.29. The molecule has 1 heterocycles. The van der Waals surface area contributed by atoms with Crippen LogP contribution in [0.5, 0.6) is 0 Å². The van der Waals surface area contributed by atoms with Gasteiger partial charge in [0, 0.05) is 6.20 Å². The highest BCUT2D eigenvalue weighted by Crippen LogP contribution is 2.15. The molecule has 0 atom stereocenters. The first-order valence-corrected chi connectivity index (χ1v) is 4.79. The Bertz CT molecular complexity index is 479. The maximum atomic E-state index is 11.6. The fourth-order valence-corrected chi connectivity index (χ4v) is 1.25. The van der Waals surface area contributed by atoms with Gasteiger partial charge in [-0.3, -0.25) is 19.1 Å². The van der Waals surface area contributed by atoms with Crippen molar-refractivity contribution in [2.24, 2.45) is 0 Å². The highest BCUT2D eigenvalue weighted by molar-refractivity contribution is 9.10. The standard InChI is InChI=1S/C7H6BrF3N2O3/c8-4-3-13(6(15)12-5(4)14)1-2-16-7(9,10)11/h3H,1-2H2,(H,12,14,15). The zero-order chi connectivity index (χ0) is 12.3. The number of nitrogens with zero attached hydrogens (tertiary/aromatic N) is 1. The summed E-state index contributed by atoms with van der Waals surface area (Å²) in [7, 11) is 0. The summed E-state index contributed by atoms with van der Waals surface area (Å²) in [5.41, 5.74) is -1.43. The molecule has 0 spiro atoms.